The summed E-state index contributed by atoms with van der Waals surface area (Å²) in [6.45, 7) is -1.41. The van der Waals surface area contributed by atoms with E-state index >= 15 is 0 Å². The van der Waals surface area contributed by atoms with Crippen LogP contribution in [0.25, 0.3) is 0 Å². The Morgan fingerprint density at radius 1 is 1.55 bits per heavy atom. The minimum absolute atomic E-state index is 0.0250. The van der Waals surface area contributed by atoms with Crippen molar-refractivity contribution in [1.82, 2.24) is 5.32 Å². The summed E-state index contributed by atoms with van der Waals surface area (Å²) >= 11 is 4.34. The van der Waals surface area contributed by atoms with Crippen LogP contribution in [0.1, 0.15) is 0 Å². The van der Waals surface area contributed by atoms with Gasteiger partial charge in [-0.05, 0) is 34.3 Å². The number of amidine groups is 1. The minimum atomic E-state index is -4.43. The number of nitrogens with zero attached hydrogens (tertiary/aromatic N) is 2. The second kappa shape index (κ2) is 7.40. The van der Waals surface area contributed by atoms with Gasteiger partial charge in [-0.25, -0.2) is 4.99 Å². The van der Waals surface area contributed by atoms with E-state index in [9.17, 15) is 13.2 Å². The van der Waals surface area contributed by atoms with E-state index in [4.69, 9.17) is 10.00 Å². The van der Waals surface area contributed by atoms with Crippen LogP contribution in [-0.2, 0) is 0 Å². The van der Waals surface area contributed by atoms with Gasteiger partial charge < -0.3 is 4.74 Å². The molecule has 0 bridgehead atoms. The van der Waals surface area contributed by atoms with Gasteiger partial charge in [0.1, 0.15) is 11.4 Å². The SMILES string of the molecule is CSC(=Nc1c(Br)cccc1OCC(F)(F)F)NC#N. The summed E-state index contributed by atoms with van der Waals surface area (Å²) in [6, 6.07) is 4.52. The van der Waals surface area contributed by atoms with Gasteiger partial charge in [0.05, 0.1) is 0 Å². The van der Waals surface area contributed by atoms with Crippen molar-refractivity contribution in [2.45, 2.75) is 6.18 Å². The van der Waals surface area contributed by atoms with E-state index < -0.39 is 12.8 Å². The molecule has 0 saturated heterocycles. The fourth-order valence-electron chi connectivity index (χ4n) is 1.15. The Hall–Kier alpha value is -1.40. The molecule has 0 aromatic heterocycles. The number of halogens is 4. The van der Waals surface area contributed by atoms with Crippen LogP contribution in [0.3, 0.4) is 0 Å². The van der Waals surface area contributed by atoms with E-state index in [1.54, 1.807) is 18.5 Å². The average molecular weight is 368 g/mol. The first kappa shape index (κ1) is 16.7. The zero-order valence-electron chi connectivity index (χ0n) is 10.2. The number of benzene rings is 1. The van der Waals surface area contributed by atoms with Gasteiger partial charge in [0.15, 0.2) is 18.0 Å². The zero-order chi connectivity index (χ0) is 15.2. The number of nitriles is 1. The van der Waals surface area contributed by atoms with E-state index in [1.165, 1.54) is 12.1 Å². The number of alkyl halides is 3. The lowest BCUT2D eigenvalue weighted by molar-refractivity contribution is -0.153. The lowest BCUT2D eigenvalue weighted by atomic mass is 10.3. The lowest BCUT2D eigenvalue weighted by Gasteiger charge is -2.12. The molecule has 4 nitrogen and oxygen atoms in total. The fourth-order valence-corrected chi connectivity index (χ4v) is 1.92. The molecule has 0 saturated carbocycles. The molecule has 0 fully saturated rings. The number of ether oxygens (including phenoxy) is 1. The molecule has 20 heavy (non-hydrogen) atoms. The molecular formula is C11H9BrF3N3OS. The maximum absolute atomic E-state index is 12.2. The summed E-state index contributed by atoms with van der Waals surface area (Å²) < 4.78 is 41.8. The van der Waals surface area contributed by atoms with Crippen LogP contribution >= 0.6 is 27.7 Å². The normalized spacial score (nSPS) is 11.9. The Labute approximate surface area is 126 Å². The second-order valence-corrected chi connectivity index (χ2v) is 5.00. The molecule has 1 aromatic rings. The van der Waals surface area contributed by atoms with Crippen LogP contribution in [0.5, 0.6) is 5.75 Å². The summed E-state index contributed by atoms with van der Waals surface area (Å²) in [4.78, 5) is 4.07. The summed E-state index contributed by atoms with van der Waals surface area (Å²) in [5.41, 5.74) is 0.184. The van der Waals surface area contributed by atoms with E-state index in [0.717, 1.165) is 11.8 Å². The van der Waals surface area contributed by atoms with E-state index in [0.29, 0.717) is 4.47 Å². The molecule has 0 unspecified atom stereocenters. The molecule has 1 N–H and O–H groups in total. The Morgan fingerprint density at radius 2 is 2.25 bits per heavy atom. The number of nitrogens with one attached hydrogen (secondary N) is 1. The highest BCUT2D eigenvalue weighted by molar-refractivity contribution is 9.10. The first-order valence-electron chi connectivity index (χ1n) is 5.13. The van der Waals surface area contributed by atoms with Crippen LogP contribution in [-0.4, -0.2) is 24.2 Å². The summed E-state index contributed by atoms with van der Waals surface area (Å²) in [6.07, 6.45) is -1.06. The fraction of sp³-hybridized carbons (Fsp3) is 0.273. The average Bonchev–Trinajstić information content (AvgIpc) is 2.37. The van der Waals surface area contributed by atoms with Crippen LogP contribution in [0.4, 0.5) is 18.9 Å². The predicted octanol–water partition coefficient (Wildman–Crippen LogP) is 3.81. The van der Waals surface area contributed by atoms with Crippen molar-refractivity contribution in [3.8, 4) is 11.9 Å². The largest absolute Gasteiger partial charge is 0.482 e. The van der Waals surface area contributed by atoms with Crippen molar-refractivity contribution in [3.63, 3.8) is 0 Å². The third kappa shape index (κ3) is 5.30. The highest BCUT2D eigenvalue weighted by Gasteiger charge is 2.29. The quantitative estimate of drug-likeness (QED) is 0.382. The van der Waals surface area contributed by atoms with Crippen molar-refractivity contribution < 1.29 is 17.9 Å². The molecule has 0 amide bonds. The predicted molar refractivity (Wildman–Crippen MR) is 75.1 cm³/mol. The van der Waals surface area contributed by atoms with Gasteiger partial charge in [0, 0.05) is 4.47 Å². The monoisotopic (exact) mass is 367 g/mol. The Bertz CT molecular complexity index is 543. The highest BCUT2D eigenvalue weighted by atomic mass is 79.9. The van der Waals surface area contributed by atoms with E-state index in [2.05, 4.69) is 26.2 Å². The standard InChI is InChI=1S/C11H9BrF3N3OS/c1-20-10(17-6-16)18-9-7(12)3-2-4-8(9)19-5-11(13,14)15/h2-4H,5H2,1H3,(H,17,18). The number of hydrogen-bond acceptors (Lipinski definition) is 4. The molecule has 0 heterocycles. The highest BCUT2D eigenvalue weighted by Crippen LogP contribution is 2.36. The molecule has 108 valence electrons. The molecule has 0 spiro atoms. The molecule has 0 aliphatic rings. The summed E-state index contributed by atoms with van der Waals surface area (Å²) in [5, 5.41) is 11.1. The number of thioether (sulfide) groups is 1. The maximum atomic E-state index is 12.2. The number of rotatable bonds is 3. The first-order chi connectivity index (χ1) is 9.37. The molecule has 0 aliphatic carbocycles. The Morgan fingerprint density at radius 3 is 2.80 bits per heavy atom. The second-order valence-electron chi connectivity index (χ2n) is 3.35. The molecule has 0 radical (unpaired) electrons. The van der Waals surface area contributed by atoms with Crippen molar-refractivity contribution in [2.24, 2.45) is 4.99 Å². The van der Waals surface area contributed by atoms with Crippen LogP contribution < -0.4 is 10.1 Å². The van der Waals surface area contributed by atoms with Crippen molar-refractivity contribution in [2.75, 3.05) is 12.9 Å². The zero-order valence-corrected chi connectivity index (χ0v) is 12.6. The third-order valence-electron chi connectivity index (χ3n) is 1.91. The van der Waals surface area contributed by atoms with Gasteiger partial charge in [0.25, 0.3) is 0 Å². The molecule has 1 aromatic carbocycles. The summed E-state index contributed by atoms with van der Waals surface area (Å²) in [7, 11) is 0. The molecular weight excluding hydrogens is 359 g/mol. The topological polar surface area (TPSA) is 57.4 Å². The number of aliphatic imine (C=N–C) groups is 1. The van der Waals surface area contributed by atoms with Crippen LogP contribution in [0.15, 0.2) is 27.7 Å². The number of hydrogen-bond donors (Lipinski definition) is 1. The van der Waals surface area contributed by atoms with Crippen LogP contribution in [0, 0.1) is 11.5 Å². The van der Waals surface area contributed by atoms with Gasteiger partial charge in [0.2, 0.25) is 0 Å². The van der Waals surface area contributed by atoms with Crippen LogP contribution in [0.2, 0.25) is 0 Å². The van der Waals surface area contributed by atoms with Gasteiger partial charge in [-0.3, -0.25) is 5.32 Å². The molecule has 0 atom stereocenters. The van der Waals surface area contributed by atoms with E-state index in [1.807, 2.05) is 0 Å². The van der Waals surface area contributed by atoms with Gasteiger partial charge in [-0.2, -0.15) is 18.4 Å². The van der Waals surface area contributed by atoms with Crippen molar-refractivity contribution in [3.05, 3.63) is 22.7 Å². The van der Waals surface area contributed by atoms with Gasteiger partial charge in [-0.15, -0.1) is 0 Å². The third-order valence-corrected chi connectivity index (χ3v) is 3.13. The number of para-hydroxylation sites is 1. The lowest BCUT2D eigenvalue weighted by Crippen LogP contribution is -2.19. The molecule has 9 heteroatoms. The molecule has 0 aliphatic heterocycles. The Balaban J connectivity index is 3.08. The van der Waals surface area contributed by atoms with Crippen molar-refractivity contribution in [1.29, 1.82) is 5.26 Å². The van der Waals surface area contributed by atoms with Gasteiger partial charge in [-0.1, -0.05) is 17.8 Å². The summed E-state index contributed by atoms with van der Waals surface area (Å²) in [5.74, 6) is -0.0250. The molecule has 1 rings (SSSR count). The van der Waals surface area contributed by atoms with Crippen molar-refractivity contribution >= 4 is 38.5 Å². The Kier molecular flexibility index (Phi) is 6.16. The first-order valence-corrected chi connectivity index (χ1v) is 7.15. The maximum Gasteiger partial charge on any atom is 0.422 e. The van der Waals surface area contributed by atoms with E-state index in [-0.39, 0.29) is 16.6 Å². The van der Waals surface area contributed by atoms with Gasteiger partial charge >= 0.3 is 6.18 Å². The smallest absolute Gasteiger partial charge is 0.422 e. The minimum Gasteiger partial charge on any atom is -0.482 e.